The van der Waals surface area contributed by atoms with Gasteiger partial charge in [0.05, 0.1) is 6.07 Å². The summed E-state index contributed by atoms with van der Waals surface area (Å²) >= 11 is 1.74. The van der Waals surface area contributed by atoms with Crippen LogP contribution >= 0.6 is 11.8 Å². The first-order chi connectivity index (χ1) is 12.7. The van der Waals surface area contributed by atoms with Crippen molar-refractivity contribution < 1.29 is 4.79 Å². The van der Waals surface area contributed by atoms with Gasteiger partial charge in [-0.05, 0) is 53.8 Å². The average molecular weight is 365 g/mol. The van der Waals surface area contributed by atoms with Gasteiger partial charge in [-0.2, -0.15) is 5.26 Å². The molecule has 2 aromatic rings. The second-order valence-electron chi connectivity index (χ2n) is 6.73. The van der Waals surface area contributed by atoms with E-state index in [9.17, 15) is 4.79 Å². The topological polar surface area (TPSA) is 52.9 Å². The van der Waals surface area contributed by atoms with Gasteiger partial charge in [0, 0.05) is 10.8 Å². The van der Waals surface area contributed by atoms with Crippen molar-refractivity contribution in [3.8, 4) is 17.2 Å². The maximum Gasteiger partial charge on any atom is 0.224 e. The van der Waals surface area contributed by atoms with Gasteiger partial charge in [0.25, 0.3) is 0 Å². The van der Waals surface area contributed by atoms with Crippen molar-refractivity contribution in [2.45, 2.75) is 36.5 Å². The molecule has 0 aromatic heterocycles. The number of benzene rings is 2. The maximum absolute atomic E-state index is 12.5. The zero-order valence-corrected chi connectivity index (χ0v) is 15.9. The number of carbonyl (C=O) groups is 1. The fourth-order valence-electron chi connectivity index (χ4n) is 3.83. The minimum atomic E-state index is -0.0359. The van der Waals surface area contributed by atoms with Crippen LogP contribution in [0.5, 0.6) is 0 Å². The van der Waals surface area contributed by atoms with Gasteiger partial charge in [-0.15, -0.1) is 11.8 Å². The first-order valence-corrected chi connectivity index (χ1v) is 10.3. The molecule has 2 unspecified atom stereocenters. The summed E-state index contributed by atoms with van der Waals surface area (Å²) in [4.78, 5) is 13.8. The van der Waals surface area contributed by atoms with Gasteiger partial charge in [0.15, 0.2) is 0 Å². The van der Waals surface area contributed by atoms with Gasteiger partial charge in [-0.3, -0.25) is 4.79 Å². The molecule has 1 amide bonds. The number of nitriles is 1. The van der Waals surface area contributed by atoms with Crippen molar-refractivity contribution in [2.75, 3.05) is 12.8 Å². The number of rotatable bonds is 5. The highest BCUT2D eigenvalue weighted by Crippen LogP contribution is 2.39. The smallest absolute Gasteiger partial charge is 0.224 e. The number of hydrogen-bond donors (Lipinski definition) is 1. The first-order valence-electron chi connectivity index (χ1n) is 9.12. The van der Waals surface area contributed by atoms with Crippen LogP contribution in [0.3, 0.4) is 0 Å². The molecule has 1 N–H and O–H groups in total. The highest BCUT2D eigenvalue weighted by atomic mass is 32.2. The van der Waals surface area contributed by atoms with Gasteiger partial charge in [-0.1, -0.05) is 49.2 Å². The Labute approximate surface area is 159 Å². The van der Waals surface area contributed by atoms with E-state index in [2.05, 4.69) is 60.1 Å². The van der Waals surface area contributed by atoms with E-state index in [0.29, 0.717) is 0 Å². The minimum absolute atomic E-state index is 0.0194. The lowest BCUT2D eigenvalue weighted by atomic mass is 9.74. The third-order valence-electron chi connectivity index (χ3n) is 5.18. The Morgan fingerprint density at radius 2 is 1.92 bits per heavy atom. The molecule has 1 aliphatic rings. The number of nitrogens with zero attached hydrogens (tertiary/aromatic N) is 1. The fourth-order valence-corrected chi connectivity index (χ4v) is 4.24. The van der Waals surface area contributed by atoms with Crippen molar-refractivity contribution in [2.24, 2.45) is 5.92 Å². The Morgan fingerprint density at radius 3 is 2.65 bits per heavy atom. The molecule has 1 fully saturated rings. The third kappa shape index (κ3) is 4.28. The summed E-state index contributed by atoms with van der Waals surface area (Å²) in [5.74, 6) is 0.213. The van der Waals surface area contributed by atoms with Crippen molar-refractivity contribution in [1.29, 1.82) is 5.26 Å². The van der Waals surface area contributed by atoms with Crippen molar-refractivity contribution in [3.63, 3.8) is 0 Å². The molecular formula is C22H24N2OS. The molecule has 0 heterocycles. The quantitative estimate of drug-likeness (QED) is 0.601. The summed E-state index contributed by atoms with van der Waals surface area (Å²) in [5, 5.41) is 11.5. The number of nitrogens with one attached hydrogen (secondary N) is 1. The summed E-state index contributed by atoms with van der Waals surface area (Å²) in [6, 6.07) is 19.2. The Hall–Kier alpha value is -2.25. The van der Waals surface area contributed by atoms with Crippen LogP contribution in [0.4, 0.5) is 0 Å². The highest BCUT2D eigenvalue weighted by Gasteiger charge is 2.31. The van der Waals surface area contributed by atoms with Crippen molar-refractivity contribution >= 4 is 17.7 Å². The van der Waals surface area contributed by atoms with Crippen LogP contribution in [0.15, 0.2) is 53.4 Å². The molecule has 1 aliphatic carbocycles. The summed E-state index contributed by atoms with van der Waals surface area (Å²) in [6.45, 7) is 0.0872. The zero-order chi connectivity index (χ0) is 18.4. The summed E-state index contributed by atoms with van der Waals surface area (Å²) in [7, 11) is 0. The van der Waals surface area contributed by atoms with Gasteiger partial charge in [0.1, 0.15) is 6.54 Å². The lowest BCUT2D eigenvalue weighted by Gasteiger charge is -2.31. The largest absolute Gasteiger partial charge is 0.343 e. The number of hydrogen-bond acceptors (Lipinski definition) is 3. The van der Waals surface area contributed by atoms with E-state index >= 15 is 0 Å². The Bertz CT molecular complexity index is 795. The molecule has 134 valence electrons. The Balaban J connectivity index is 1.85. The van der Waals surface area contributed by atoms with Crippen LogP contribution in [-0.4, -0.2) is 18.7 Å². The molecule has 0 aliphatic heterocycles. The van der Waals surface area contributed by atoms with E-state index in [1.807, 2.05) is 6.07 Å². The standard InChI is InChI=1S/C22H24N2OS/c1-26-19-11-9-16(10-12-19)17-5-4-6-18(15-17)20-7-2-3-8-21(20)22(25)24-14-13-23/h4-6,9-12,15,20-21H,2-3,7-8,14H2,1H3,(H,24,25). The van der Waals surface area contributed by atoms with Gasteiger partial charge in [-0.25, -0.2) is 0 Å². The highest BCUT2D eigenvalue weighted by molar-refractivity contribution is 7.98. The summed E-state index contributed by atoms with van der Waals surface area (Å²) in [5.41, 5.74) is 3.62. The second kappa shape index (κ2) is 8.91. The lowest BCUT2D eigenvalue weighted by molar-refractivity contribution is -0.126. The normalized spacial score (nSPS) is 19.5. The van der Waals surface area contributed by atoms with E-state index < -0.39 is 0 Å². The predicted molar refractivity (Wildman–Crippen MR) is 107 cm³/mol. The number of amides is 1. The minimum Gasteiger partial charge on any atom is -0.343 e. The van der Waals surface area contributed by atoms with E-state index in [1.54, 1.807) is 11.8 Å². The molecule has 0 spiro atoms. The molecule has 3 nitrogen and oxygen atoms in total. The SMILES string of the molecule is CSc1ccc(-c2cccc(C3CCCCC3C(=O)NCC#N)c2)cc1. The van der Waals surface area contributed by atoms with Crippen LogP contribution in [-0.2, 0) is 4.79 Å². The third-order valence-corrected chi connectivity index (χ3v) is 5.93. The molecule has 2 atom stereocenters. The van der Waals surface area contributed by atoms with E-state index in [-0.39, 0.29) is 24.3 Å². The van der Waals surface area contributed by atoms with Gasteiger partial charge >= 0.3 is 0 Å². The lowest BCUT2D eigenvalue weighted by Crippen LogP contribution is -2.36. The average Bonchev–Trinajstić information content (AvgIpc) is 2.72. The fraction of sp³-hybridized carbons (Fsp3) is 0.364. The van der Waals surface area contributed by atoms with Gasteiger partial charge < -0.3 is 5.32 Å². The second-order valence-corrected chi connectivity index (χ2v) is 7.61. The van der Waals surface area contributed by atoms with Crippen molar-refractivity contribution in [3.05, 3.63) is 54.1 Å². The van der Waals surface area contributed by atoms with Crippen molar-refractivity contribution in [1.82, 2.24) is 5.32 Å². The Kier molecular flexibility index (Phi) is 6.35. The van der Waals surface area contributed by atoms with E-state index in [0.717, 1.165) is 25.7 Å². The number of thioether (sulfide) groups is 1. The van der Waals surface area contributed by atoms with Crippen LogP contribution in [0.25, 0.3) is 11.1 Å². The molecule has 0 radical (unpaired) electrons. The molecule has 4 heteroatoms. The molecular weight excluding hydrogens is 340 g/mol. The zero-order valence-electron chi connectivity index (χ0n) is 15.1. The van der Waals surface area contributed by atoms with Gasteiger partial charge in [0.2, 0.25) is 5.91 Å². The van der Waals surface area contributed by atoms with E-state index in [1.165, 1.54) is 21.6 Å². The van der Waals surface area contributed by atoms with Crippen LogP contribution in [0.1, 0.15) is 37.2 Å². The number of carbonyl (C=O) groups excluding carboxylic acids is 1. The van der Waals surface area contributed by atoms with Crippen LogP contribution < -0.4 is 5.32 Å². The maximum atomic E-state index is 12.5. The summed E-state index contributed by atoms with van der Waals surface area (Å²) in [6.07, 6.45) is 6.24. The first kappa shape index (κ1) is 18.5. The molecule has 2 aromatic carbocycles. The molecule has 1 saturated carbocycles. The molecule has 26 heavy (non-hydrogen) atoms. The van der Waals surface area contributed by atoms with Crippen LogP contribution in [0.2, 0.25) is 0 Å². The monoisotopic (exact) mass is 364 g/mol. The summed E-state index contributed by atoms with van der Waals surface area (Å²) < 4.78 is 0. The molecule has 0 saturated heterocycles. The Morgan fingerprint density at radius 1 is 1.15 bits per heavy atom. The van der Waals surface area contributed by atoms with E-state index in [4.69, 9.17) is 5.26 Å². The molecule has 3 rings (SSSR count). The molecule has 0 bridgehead atoms. The van der Waals surface area contributed by atoms with Crippen LogP contribution in [0, 0.1) is 17.2 Å². The predicted octanol–water partition coefficient (Wildman–Crippen LogP) is 4.99.